The number of ether oxygens (including phenoxy) is 1. The molecule has 0 aliphatic carbocycles. The molecule has 3 heterocycles. The van der Waals surface area contributed by atoms with Crippen LogP contribution in [0.4, 0.5) is 5.69 Å². The van der Waals surface area contributed by atoms with Gasteiger partial charge in [-0.25, -0.2) is 0 Å². The minimum absolute atomic E-state index is 0.0231. The van der Waals surface area contributed by atoms with Crippen LogP contribution in [0.2, 0.25) is 0 Å². The highest BCUT2D eigenvalue weighted by atomic mass is 32.2. The van der Waals surface area contributed by atoms with Gasteiger partial charge in [-0.2, -0.15) is 0 Å². The Morgan fingerprint density at radius 2 is 1.97 bits per heavy atom. The Labute approximate surface area is 223 Å². The third-order valence-corrected chi connectivity index (χ3v) is 9.92. The predicted molar refractivity (Wildman–Crippen MR) is 146 cm³/mol. The van der Waals surface area contributed by atoms with Crippen molar-refractivity contribution in [3.63, 3.8) is 0 Å². The number of aliphatic hydroxyl groups is 1. The molecule has 1 aromatic carbocycles. The van der Waals surface area contributed by atoms with Crippen molar-refractivity contribution in [3.05, 3.63) is 54.6 Å². The van der Waals surface area contributed by atoms with Gasteiger partial charge in [-0.15, -0.1) is 24.9 Å². The molecule has 0 radical (unpaired) electrons. The first-order valence-corrected chi connectivity index (χ1v) is 14.1. The lowest BCUT2D eigenvalue weighted by Gasteiger charge is -2.38. The number of anilines is 1. The van der Waals surface area contributed by atoms with Crippen molar-refractivity contribution in [3.8, 4) is 0 Å². The second-order valence-electron chi connectivity index (χ2n) is 10.2. The van der Waals surface area contributed by atoms with Gasteiger partial charge in [0.1, 0.15) is 6.04 Å². The molecule has 3 aliphatic heterocycles. The summed E-state index contributed by atoms with van der Waals surface area (Å²) in [6, 6.07) is 5.24. The van der Waals surface area contributed by atoms with Crippen molar-refractivity contribution in [2.24, 2.45) is 11.8 Å². The summed E-state index contributed by atoms with van der Waals surface area (Å²) in [5.41, 5.74) is 2.80. The Hall–Kier alpha value is -2.58. The number of hydrogen-bond donors (Lipinski definition) is 1. The maximum Gasteiger partial charge on any atom is 0.310 e. The first-order valence-electron chi connectivity index (χ1n) is 13.2. The number of aryl methyl sites for hydroxylation is 2. The van der Waals surface area contributed by atoms with E-state index in [1.165, 1.54) is 0 Å². The summed E-state index contributed by atoms with van der Waals surface area (Å²) in [5, 5.41) is 9.34. The van der Waals surface area contributed by atoms with Crippen LogP contribution < -0.4 is 4.90 Å². The van der Waals surface area contributed by atoms with E-state index in [2.05, 4.69) is 13.2 Å². The van der Waals surface area contributed by atoms with Crippen LogP contribution in [0.1, 0.15) is 43.2 Å². The van der Waals surface area contributed by atoms with E-state index in [4.69, 9.17) is 4.74 Å². The summed E-state index contributed by atoms with van der Waals surface area (Å²) in [7, 11) is 0. The Kier molecular flexibility index (Phi) is 8.49. The molecule has 4 rings (SSSR count). The summed E-state index contributed by atoms with van der Waals surface area (Å²) in [6.07, 6.45) is 6.57. The zero-order valence-corrected chi connectivity index (χ0v) is 22.7. The molecule has 0 aromatic heterocycles. The fourth-order valence-electron chi connectivity index (χ4n) is 6.47. The zero-order valence-electron chi connectivity index (χ0n) is 21.9. The molecule has 37 heavy (non-hydrogen) atoms. The van der Waals surface area contributed by atoms with Gasteiger partial charge in [0.05, 0.1) is 23.2 Å². The average molecular weight is 527 g/mol. The van der Waals surface area contributed by atoms with Gasteiger partial charge in [0.15, 0.2) is 0 Å². The van der Waals surface area contributed by atoms with Crippen LogP contribution in [-0.2, 0) is 19.1 Å². The van der Waals surface area contributed by atoms with Crippen LogP contribution in [-0.4, -0.2) is 70.1 Å². The van der Waals surface area contributed by atoms with E-state index in [9.17, 15) is 19.5 Å². The quantitative estimate of drug-likeness (QED) is 0.253. The number of unbranched alkanes of at least 4 members (excludes halogenated alkanes) is 1. The molecule has 5 atom stereocenters. The normalized spacial score (nSPS) is 27.8. The second kappa shape index (κ2) is 11.4. The van der Waals surface area contributed by atoms with Gasteiger partial charge in [-0.3, -0.25) is 14.4 Å². The van der Waals surface area contributed by atoms with Crippen LogP contribution in [0.3, 0.4) is 0 Å². The molecule has 200 valence electrons. The molecular formula is C29H38N2O5S. The topological polar surface area (TPSA) is 87.1 Å². The molecule has 2 unspecified atom stereocenters. The highest BCUT2D eigenvalue weighted by Crippen LogP contribution is 2.66. The van der Waals surface area contributed by atoms with Gasteiger partial charge in [0, 0.05) is 30.6 Å². The predicted octanol–water partition coefficient (Wildman–Crippen LogP) is 3.81. The van der Waals surface area contributed by atoms with Crippen LogP contribution in [0.25, 0.3) is 0 Å². The minimum Gasteiger partial charge on any atom is -0.465 e. The molecule has 2 bridgehead atoms. The van der Waals surface area contributed by atoms with Gasteiger partial charge < -0.3 is 19.6 Å². The van der Waals surface area contributed by atoms with E-state index in [-0.39, 0.29) is 36.2 Å². The molecule has 1 spiro atoms. The van der Waals surface area contributed by atoms with Gasteiger partial charge in [0.25, 0.3) is 5.91 Å². The van der Waals surface area contributed by atoms with Crippen LogP contribution in [0.5, 0.6) is 0 Å². The lowest BCUT2D eigenvalue weighted by molar-refractivity contribution is -0.154. The number of likely N-dealkylation sites (tertiary alicyclic amines) is 1. The maximum atomic E-state index is 14.5. The van der Waals surface area contributed by atoms with Crippen molar-refractivity contribution in [2.45, 2.75) is 62.0 Å². The van der Waals surface area contributed by atoms with Crippen LogP contribution in [0, 0.1) is 25.7 Å². The van der Waals surface area contributed by atoms with Gasteiger partial charge >= 0.3 is 5.97 Å². The van der Waals surface area contributed by atoms with Gasteiger partial charge in [-0.05, 0) is 57.1 Å². The fourth-order valence-corrected chi connectivity index (χ4v) is 8.67. The number of carbonyl (C=O) groups excluding carboxylic acids is 3. The molecule has 7 nitrogen and oxygen atoms in total. The molecule has 1 aromatic rings. The lowest BCUT2D eigenvalue weighted by atomic mass is 9.71. The average Bonchev–Trinajstić information content (AvgIpc) is 3.51. The Morgan fingerprint density at radius 1 is 1.24 bits per heavy atom. The van der Waals surface area contributed by atoms with Gasteiger partial charge in [-0.1, -0.05) is 30.4 Å². The smallest absolute Gasteiger partial charge is 0.310 e. The zero-order chi connectivity index (χ0) is 26.7. The van der Waals surface area contributed by atoms with E-state index in [0.717, 1.165) is 23.2 Å². The SMILES string of the molecule is C=CCCOC(=O)[C@@H]1[C@H]2C(=O)N(CCCCO)C(C(=O)N(CC=C)c3c(C)cccc3C)C23CC[C@H]1S3. The van der Waals surface area contributed by atoms with E-state index in [1.54, 1.807) is 33.7 Å². The molecule has 8 heteroatoms. The number of para-hydroxylation sites is 1. The number of benzene rings is 1. The van der Waals surface area contributed by atoms with Crippen LogP contribution in [0.15, 0.2) is 43.5 Å². The van der Waals surface area contributed by atoms with Crippen molar-refractivity contribution >= 4 is 35.2 Å². The Morgan fingerprint density at radius 3 is 2.62 bits per heavy atom. The number of amides is 2. The van der Waals surface area contributed by atoms with E-state index in [1.807, 2.05) is 32.0 Å². The van der Waals surface area contributed by atoms with E-state index < -0.39 is 22.6 Å². The van der Waals surface area contributed by atoms with Crippen LogP contribution >= 0.6 is 11.8 Å². The standard InChI is InChI=1S/C29H38N2O5S/c1-5-7-18-36-28(35)22-21-13-14-29(37-21)23(22)26(33)31(16-8-9-17-32)25(29)27(34)30(15-6-2)24-19(3)11-10-12-20(24)4/h5-6,10-12,21-23,25,32H,1-2,7-9,13-18H2,3-4H3/t21-,22+,23+,25?,29?/m1/s1. The highest BCUT2D eigenvalue weighted by molar-refractivity contribution is 8.02. The number of esters is 1. The highest BCUT2D eigenvalue weighted by Gasteiger charge is 2.74. The van der Waals surface area contributed by atoms with Gasteiger partial charge in [0.2, 0.25) is 5.91 Å². The summed E-state index contributed by atoms with van der Waals surface area (Å²) >= 11 is 1.64. The first-order chi connectivity index (χ1) is 17.8. The van der Waals surface area contributed by atoms with Crippen molar-refractivity contribution in [2.75, 3.05) is 31.2 Å². The van der Waals surface area contributed by atoms with Crippen molar-refractivity contribution in [1.29, 1.82) is 0 Å². The number of fused-ring (bicyclic) bond motifs is 1. The van der Waals surface area contributed by atoms with E-state index >= 15 is 0 Å². The number of rotatable bonds is 12. The van der Waals surface area contributed by atoms with Crippen molar-refractivity contribution < 1.29 is 24.2 Å². The molecular weight excluding hydrogens is 488 g/mol. The number of carbonyl (C=O) groups is 3. The number of nitrogens with zero attached hydrogens (tertiary/aromatic N) is 2. The van der Waals surface area contributed by atoms with E-state index in [0.29, 0.717) is 38.8 Å². The summed E-state index contributed by atoms with van der Waals surface area (Å²) in [5.74, 6) is -1.76. The largest absolute Gasteiger partial charge is 0.465 e. The first kappa shape index (κ1) is 27.5. The fraction of sp³-hybridized carbons (Fsp3) is 0.552. The molecule has 2 amide bonds. The Bertz CT molecular complexity index is 1050. The summed E-state index contributed by atoms with van der Waals surface area (Å²) < 4.78 is 4.88. The third-order valence-electron chi connectivity index (χ3n) is 7.97. The number of thioether (sulfide) groups is 1. The molecule has 0 saturated carbocycles. The molecule has 1 N–H and O–H groups in total. The van der Waals surface area contributed by atoms with Crippen molar-refractivity contribution in [1.82, 2.24) is 4.90 Å². The third kappa shape index (κ3) is 4.74. The maximum absolute atomic E-state index is 14.5. The lowest BCUT2D eigenvalue weighted by Crippen LogP contribution is -2.55. The summed E-state index contributed by atoms with van der Waals surface area (Å²) in [4.78, 5) is 45.2. The molecule has 3 saturated heterocycles. The monoisotopic (exact) mass is 526 g/mol. The summed E-state index contributed by atoms with van der Waals surface area (Å²) in [6.45, 7) is 12.5. The Balaban J connectivity index is 1.74. The second-order valence-corrected chi connectivity index (χ2v) is 11.8. The number of aliphatic hydroxyl groups excluding tert-OH is 1. The minimum atomic E-state index is -0.691. The molecule has 3 aliphatic rings. The number of hydrogen-bond acceptors (Lipinski definition) is 6. The molecule has 3 fully saturated rings.